The molecule has 1 heterocycles. The van der Waals surface area contributed by atoms with Gasteiger partial charge in [0.1, 0.15) is 0 Å². The molecule has 2 amide bonds. The Morgan fingerprint density at radius 3 is 2.12 bits per heavy atom. The lowest BCUT2D eigenvalue weighted by Gasteiger charge is -2.22. The van der Waals surface area contributed by atoms with Crippen molar-refractivity contribution in [1.82, 2.24) is 14.9 Å². The summed E-state index contributed by atoms with van der Waals surface area (Å²) in [6.45, 7) is 1.51. The molecule has 0 spiro atoms. The number of amides is 2. The number of benzene rings is 1. The molecular formula is C24H37N3O4S. The van der Waals surface area contributed by atoms with E-state index in [0.29, 0.717) is 43.8 Å². The van der Waals surface area contributed by atoms with Gasteiger partial charge in [-0.2, -0.15) is 4.31 Å². The van der Waals surface area contributed by atoms with Crippen LogP contribution in [0, 0.1) is 0 Å². The van der Waals surface area contributed by atoms with E-state index in [2.05, 4.69) is 10.6 Å². The van der Waals surface area contributed by atoms with Crippen molar-refractivity contribution >= 4 is 21.8 Å². The predicted molar refractivity (Wildman–Crippen MR) is 125 cm³/mol. The number of hydrogen-bond acceptors (Lipinski definition) is 4. The van der Waals surface area contributed by atoms with E-state index >= 15 is 0 Å². The molecule has 1 aliphatic heterocycles. The van der Waals surface area contributed by atoms with Gasteiger partial charge in [-0.25, -0.2) is 8.42 Å². The lowest BCUT2D eigenvalue weighted by molar-refractivity contribution is -0.122. The predicted octanol–water partition coefficient (Wildman–Crippen LogP) is 3.14. The average Bonchev–Trinajstić information content (AvgIpc) is 3.09. The van der Waals surface area contributed by atoms with E-state index in [1.807, 2.05) is 0 Å². The molecule has 3 rings (SSSR count). The lowest BCUT2D eigenvalue weighted by Crippen LogP contribution is -2.38. The van der Waals surface area contributed by atoms with E-state index in [1.165, 1.54) is 19.3 Å². The fraction of sp³-hybridized carbons (Fsp3) is 0.667. The molecule has 0 unspecified atom stereocenters. The highest BCUT2D eigenvalue weighted by atomic mass is 32.2. The summed E-state index contributed by atoms with van der Waals surface area (Å²) >= 11 is 0. The Morgan fingerprint density at radius 2 is 1.47 bits per heavy atom. The minimum Gasteiger partial charge on any atom is -0.356 e. The Labute approximate surface area is 192 Å². The average molecular weight is 464 g/mol. The van der Waals surface area contributed by atoms with Gasteiger partial charge in [0.25, 0.3) is 0 Å². The molecule has 0 atom stereocenters. The molecule has 2 N–H and O–H groups in total. The van der Waals surface area contributed by atoms with Gasteiger partial charge in [-0.1, -0.05) is 44.2 Å². The maximum atomic E-state index is 12.8. The smallest absolute Gasteiger partial charge is 0.243 e. The molecule has 0 bridgehead atoms. The molecule has 1 aromatic rings. The number of carbonyl (C=O) groups is 2. The first-order valence-electron chi connectivity index (χ1n) is 12.1. The van der Waals surface area contributed by atoms with Crippen LogP contribution in [-0.2, 0) is 26.0 Å². The van der Waals surface area contributed by atoms with Crippen LogP contribution in [-0.4, -0.2) is 50.2 Å². The molecule has 1 saturated carbocycles. The third-order valence-corrected chi connectivity index (χ3v) is 8.32. The van der Waals surface area contributed by atoms with Crippen LogP contribution < -0.4 is 10.6 Å². The topological polar surface area (TPSA) is 95.6 Å². The van der Waals surface area contributed by atoms with Crippen LogP contribution in [0.25, 0.3) is 0 Å². The quantitative estimate of drug-likeness (QED) is 0.588. The minimum atomic E-state index is -3.45. The van der Waals surface area contributed by atoms with Gasteiger partial charge < -0.3 is 10.6 Å². The van der Waals surface area contributed by atoms with Gasteiger partial charge in [-0.15, -0.1) is 0 Å². The summed E-state index contributed by atoms with van der Waals surface area (Å²) in [5.74, 6) is -0.102. The first kappa shape index (κ1) is 24.7. The number of hydrogen-bond donors (Lipinski definition) is 2. The third kappa shape index (κ3) is 7.59. The van der Waals surface area contributed by atoms with E-state index in [0.717, 1.165) is 44.1 Å². The summed E-state index contributed by atoms with van der Waals surface area (Å²) in [5.41, 5.74) is 0.921. The highest BCUT2D eigenvalue weighted by Crippen LogP contribution is 2.21. The van der Waals surface area contributed by atoms with E-state index in [9.17, 15) is 18.0 Å². The second-order valence-corrected chi connectivity index (χ2v) is 10.9. The molecule has 1 aliphatic carbocycles. The van der Waals surface area contributed by atoms with Gasteiger partial charge in [-0.3, -0.25) is 9.59 Å². The van der Waals surface area contributed by atoms with Crippen molar-refractivity contribution in [2.45, 2.75) is 88.0 Å². The van der Waals surface area contributed by atoms with Gasteiger partial charge in [0.15, 0.2) is 0 Å². The van der Waals surface area contributed by atoms with Crippen LogP contribution in [0.5, 0.6) is 0 Å². The molecule has 0 aromatic heterocycles. The van der Waals surface area contributed by atoms with Crippen LogP contribution in [0.3, 0.4) is 0 Å². The number of aryl methyl sites for hydroxylation is 1. The lowest BCUT2D eigenvalue weighted by atomic mass is 9.95. The molecule has 2 fully saturated rings. The summed E-state index contributed by atoms with van der Waals surface area (Å²) in [6, 6.07) is 7.15. The van der Waals surface area contributed by atoms with Crippen molar-refractivity contribution in [3.05, 3.63) is 29.8 Å². The molecule has 32 heavy (non-hydrogen) atoms. The Balaban J connectivity index is 1.38. The molecule has 8 heteroatoms. The molecule has 2 aliphatic rings. The molecule has 1 saturated heterocycles. The van der Waals surface area contributed by atoms with Gasteiger partial charge >= 0.3 is 0 Å². The van der Waals surface area contributed by atoms with Crippen molar-refractivity contribution in [2.75, 3.05) is 19.6 Å². The van der Waals surface area contributed by atoms with E-state index in [4.69, 9.17) is 0 Å². The van der Waals surface area contributed by atoms with Crippen molar-refractivity contribution < 1.29 is 18.0 Å². The zero-order chi connectivity index (χ0) is 22.8. The summed E-state index contributed by atoms with van der Waals surface area (Å²) in [7, 11) is -3.45. The molecular weight excluding hydrogens is 426 g/mol. The molecule has 7 nitrogen and oxygen atoms in total. The Hall–Kier alpha value is -1.93. The summed E-state index contributed by atoms with van der Waals surface area (Å²) < 4.78 is 27.3. The van der Waals surface area contributed by atoms with Crippen molar-refractivity contribution in [2.24, 2.45) is 0 Å². The van der Waals surface area contributed by atoms with Crippen LogP contribution in [0.1, 0.15) is 76.2 Å². The maximum Gasteiger partial charge on any atom is 0.243 e. The third-order valence-electron chi connectivity index (χ3n) is 6.41. The van der Waals surface area contributed by atoms with E-state index in [1.54, 1.807) is 28.6 Å². The van der Waals surface area contributed by atoms with Crippen LogP contribution in [0.4, 0.5) is 0 Å². The number of carbonyl (C=O) groups excluding carboxylic acids is 2. The van der Waals surface area contributed by atoms with Crippen LogP contribution in [0.15, 0.2) is 29.2 Å². The SMILES string of the molecule is O=C(CCc1ccc(S(=O)(=O)N2CCCCCC2)cc1)NCCC(=O)NC1CCCCC1. The van der Waals surface area contributed by atoms with Crippen molar-refractivity contribution in [3.8, 4) is 0 Å². The summed E-state index contributed by atoms with van der Waals surface area (Å²) in [6.07, 6.45) is 10.8. The fourth-order valence-electron chi connectivity index (χ4n) is 4.47. The molecule has 0 radical (unpaired) electrons. The van der Waals surface area contributed by atoms with Crippen LogP contribution >= 0.6 is 0 Å². The van der Waals surface area contributed by atoms with Crippen molar-refractivity contribution in [3.63, 3.8) is 0 Å². The first-order chi connectivity index (χ1) is 15.4. The Kier molecular flexibility index (Phi) is 9.53. The molecule has 1 aromatic carbocycles. The fourth-order valence-corrected chi connectivity index (χ4v) is 5.98. The van der Waals surface area contributed by atoms with Gasteiger partial charge in [0, 0.05) is 38.5 Å². The van der Waals surface area contributed by atoms with Gasteiger partial charge in [0.05, 0.1) is 4.90 Å². The summed E-state index contributed by atoms with van der Waals surface area (Å²) in [4.78, 5) is 24.4. The Morgan fingerprint density at radius 1 is 0.844 bits per heavy atom. The second-order valence-electron chi connectivity index (χ2n) is 8.96. The first-order valence-corrected chi connectivity index (χ1v) is 13.5. The zero-order valence-corrected chi connectivity index (χ0v) is 19.8. The maximum absolute atomic E-state index is 12.8. The largest absolute Gasteiger partial charge is 0.356 e. The highest BCUT2D eigenvalue weighted by molar-refractivity contribution is 7.89. The van der Waals surface area contributed by atoms with Crippen molar-refractivity contribution in [1.29, 1.82) is 0 Å². The van der Waals surface area contributed by atoms with Crippen LogP contribution in [0.2, 0.25) is 0 Å². The minimum absolute atomic E-state index is 0.00148. The zero-order valence-electron chi connectivity index (χ0n) is 19.0. The van der Waals surface area contributed by atoms with E-state index in [-0.39, 0.29) is 17.9 Å². The molecule has 178 valence electrons. The number of rotatable bonds is 9. The number of nitrogens with zero attached hydrogens (tertiary/aromatic N) is 1. The standard InChI is InChI=1S/C24H37N3O4S/c28-23(25-17-16-24(29)26-21-8-4-3-5-9-21)15-12-20-10-13-22(14-11-20)32(30,31)27-18-6-1-2-7-19-27/h10-11,13-14,21H,1-9,12,15-19H2,(H,25,28)(H,26,29). The second kappa shape index (κ2) is 12.3. The Bertz CT molecular complexity index is 841. The van der Waals surface area contributed by atoms with Gasteiger partial charge in [0.2, 0.25) is 21.8 Å². The van der Waals surface area contributed by atoms with Gasteiger partial charge in [-0.05, 0) is 49.8 Å². The summed E-state index contributed by atoms with van der Waals surface area (Å²) in [5, 5.41) is 5.86. The monoisotopic (exact) mass is 463 g/mol. The normalized spacial score (nSPS) is 18.6. The number of sulfonamides is 1. The highest BCUT2D eigenvalue weighted by Gasteiger charge is 2.25. The van der Waals surface area contributed by atoms with E-state index < -0.39 is 10.0 Å². The number of nitrogens with one attached hydrogen (secondary N) is 2.